The molecule has 2 N–H and O–H groups in total. The molecule has 1 aromatic carbocycles. The molecule has 2 amide bonds. The van der Waals surface area contributed by atoms with E-state index in [0.29, 0.717) is 5.82 Å². The topological polar surface area (TPSA) is 102 Å². The highest BCUT2D eigenvalue weighted by Crippen LogP contribution is 2.36. The Morgan fingerprint density at radius 1 is 1.31 bits per heavy atom. The van der Waals surface area contributed by atoms with E-state index in [1.807, 2.05) is 38.1 Å². The Labute approximate surface area is 173 Å². The number of nitrogens with zero attached hydrogens (tertiary/aromatic N) is 2. The van der Waals surface area contributed by atoms with E-state index in [-0.39, 0.29) is 18.4 Å². The number of fused-ring (bicyclic) bond motifs is 1. The molecule has 29 heavy (non-hydrogen) atoms. The first-order valence-electron chi connectivity index (χ1n) is 9.49. The number of nitrogens with one attached hydrogen (secondary N) is 2. The number of anilines is 2. The van der Waals surface area contributed by atoms with Crippen LogP contribution in [0.4, 0.5) is 11.5 Å². The van der Waals surface area contributed by atoms with Gasteiger partial charge in [0.25, 0.3) is 5.91 Å². The Hall–Kier alpha value is -2.81. The number of aromatic nitrogens is 2. The normalized spacial score (nSPS) is 17.6. The van der Waals surface area contributed by atoms with Gasteiger partial charge in [-0.05, 0) is 32.4 Å². The molecule has 3 atom stereocenters. The summed E-state index contributed by atoms with van der Waals surface area (Å²) in [5.41, 5.74) is 0.734. The van der Waals surface area contributed by atoms with Crippen molar-refractivity contribution >= 4 is 41.1 Å². The van der Waals surface area contributed by atoms with Gasteiger partial charge in [0.1, 0.15) is 5.82 Å². The molecule has 0 saturated carbocycles. The van der Waals surface area contributed by atoms with Gasteiger partial charge in [-0.15, -0.1) is 11.8 Å². The second kappa shape index (κ2) is 9.13. The molecule has 9 heteroatoms. The first-order valence-corrected chi connectivity index (χ1v) is 10.4. The Morgan fingerprint density at radius 2 is 2.07 bits per heavy atom. The van der Waals surface area contributed by atoms with E-state index in [4.69, 9.17) is 4.74 Å². The summed E-state index contributed by atoms with van der Waals surface area (Å²) in [4.78, 5) is 37.8. The van der Waals surface area contributed by atoms with Crippen LogP contribution >= 0.6 is 11.8 Å². The predicted molar refractivity (Wildman–Crippen MR) is 111 cm³/mol. The Balaban J connectivity index is 1.55. The van der Waals surface area contributed by atoms with E-state index in [9.17, 15) is 14.4 Å². The molecule has 1 aliphatic rings. The van der Waals surface area contributed by atoms with Crippen molar-refractivity contribution in [2.75, 3.05) is 10.6 Å². The summed E-state index contributed by atoms with van der Waals surface area (Å²) in [5, 5.41) is 9.14. The van der Waals surface area contributed by atoms with E-state index in [1.54, 1.807) is 16.9 Å². The molecule has 2 heterocycles. The number of carbonyl (C=O) groups is 3. The minimum Gasteiger partial charge on any atom is -0.452 e. The maximum absolute atomic E-state index is 12.4. The van der Waals surface area contributed by atoms with Crippen molar-refractivity contribution in [3.8, 4) is 0 Å². The second-order valence-corrected chi connectivity index (χ2v) is 8.08. The molecule has 0 spiro atoms. The van der Waals surface area contributed by atoms with Crippen LogP contribution in [0, 0.1) is 0 Å². The maximum Gasteiger partial charge on any atom is 0.308 e. The Bertz CT molecular complexity index is 913. The molecule has 1 aromatic heterocycles. The highest BCUT2D eigenvalue weighted by molar-refractivity contribution is 8.01. The number of para-hydroxylation sites is 1. The fraction of sp³-hybridized carbons (Fsp3) is 0.400. The quantitative estimate of drug-likeness (QED) is 0.672. The van der Waals surface area contributed by atoms with Crippen LogP contribution in [0.5, 0.6) is 0 Å². The van der Waals surface area contributed by atoms with Gasteiger partial charge in [0.05, 0.1) is 29.6 Å². The summed E-state index contributed by atoms with van der Waals surface area (Å²) >= 11 is 1.32. The van der Waals surface area contributed by atoms with Crippen LogP contribution in [0.2, 0.25) is 0 Å². The van der Waals surface area contributed by atoms with Crippen molar-refractivity contribution in [3.63, 3.8) is 0 Å². The lowest BCUT2D eigenvalue weighted by molar-refractivity contribution is -0.153. The van der Waals surface area contributed by atoms with Crippen molar-refractivity contribution in [1.82, 2.24) is 9.78 Å². The number of carbonyl (C=O) groups excluding carboxylic acids is 3. The van der Waals surface area contributed by atoms with Crippen LogP contribution in [0.1, 0.15) is 39.7 Å². The summed E-state index contributed by atoms with van der Waals surface area (Å²) in [5.74, 6) is -0.754. The van der Waals surface area contributed by atoms with Crippen LogP contribution in [0.3, 0.4) is 0 Å². The summed E-state index contributed by atoms with van der Waals surface area (Å²) in [7, 11) is 0. The first kappa shape index (κ1) is 20.9. The highest BCUT2D eigenvalue weighted by Gasteiger charge is 2.30. The van der Waals surface area contributed by atoms with Crippen LogP contribution in [0.25, 0.3) is 0 Å². The lowest BCUT2D eigenvalue weighted by atomic mass is 10.2. The molecule has 0 saturated heterocycles. The molecule has 0 fully saturated rings. The minimum atomic E-state index is -0.994. The van der Waals surface area contributed by atoms with Crippen LogP contribution < -0.4 is 10.6 Å². The fourth-order valence-electron chi connectivity index (χ4n) is 2.84. The maximum atomic E-state index is 12.4. The highest BCUT2D eigenvalue weighted by atomic mass is 32.2. The van der Waals surface area contributed by atoms with Gasteiger partial charge >= 0.3 is 5.97 Å². The van der Waals surface area contributed by atoms with Gasteiger partial charge in [0.2, 0.25) is 5.91 Å². The molecule has 0 radical (unpaired) electrons. The molecular formula is C20H24N4O4S. The minimum absolute atomic E-state index is 0.118. The third-order valence-corrected chi connectivity index (χ3v) is 5.94. The molecule has 2 aromatic rings. The molecule has 0 bridgehead atoms. The van der Waals surface area contributed by atoms with E-state index < -0.39 is 23.2 Å². The molecule has 154 valence electrons. The van der Waals surface area contributed by atoms with Gasteiger partial charge in [-0.25, -0.2) is 4.68 Å². The van der Waals surface area contributed by atoms with Crippen molar-refractivity contribution in [3.05, 3.63) is 36.5 Å². The third kappa shape index (κ3) is 4.97. The number of benzene rings is 1. The van der Waals surface area contributed by atoms with Crippen LogP contribution in [0.15, 0.2) is 41.4 Å². The van der Waals surface area contributed by atoms with Gasteiger partial charge in [0, 0.05) is 11.0 Å². The molecule has 3 rings (SSSR count). The Kier molecular flexibility index (Phi) is 6.58. The van der Waals surface area contributed by atoms with Gasteiger partial charge in [-0.2, -0.15) is 5.10 Å². The molecule has 0 aliphatic carbocycles. The summed E-state index contributed by atoms with van der Waals surface area (Å²) < 4.78 is 6.97. The average molecular weight is 417 g/mol. The average Bonchev–Trinajstić information content (AvgIpc) is 3.15. The second-order valence-electron chi connectivity index (χ2n) is 6.84. The van der Waals surface area contributed by atoms with Crippen molar-refractivity contribution in [2.24, 2.45) is 0 Å². The largest absolute Gasteiger partial charge is 0.452 e. The molecule has 1 aliphatic heterocycles. The summed E-state index contributed by atoms with van der Waals surface area (Å²) in [6.45, 7) is 5.53. The van der Waals surface area contributed by atoms with Gasteiger partial charge in [0.15, 0.2) is 6.10 Å². The van der Waals surface area contributed by atoms with Gasteiger partial charge in [-0.1, -0.05) is 19.1 Å². The SMILES string of the molecule is CC[C@H](C)n1nccc1NC(=O)[C@H](C)OC(=O)C[C@H]1Sc2ccccc2NC1=O. The van der Waals surface area contributed by atoms with E-state index in [2.05, 4.69) is 15.7 Å². The fourth-order valence-corrected chi connectivity index (χ4v) is 3.94. The number of amides is 2. The van der Waals surface area contributed by atoms with Gasteiger partial charge < -0.3 is 15.4 Å². The number of thioether (sulfide) groups is 1. The zero-order chi connectivity index (χ0) is 21.0. The zero-order valence-corrected chi connectivity index (χ0v) is 17.4. The lowest BCUT2D eigenvalue weighted by Crippen LogP contribution is -2.35. The summed E-state index contributed by atoms with van der Waals surface area (Å²) in [6.07, 6.45) is 1.36. The summed E-state index contributed by atoms with van der Waals surface area (Å²) in [6, 6.07) is 9.22. The van der Waals surface area contributed by atoms with Crippen molar-refractivity contribution in [2.45, 2.75) is 55.9 Å². The number of hydrogen-bond acceptors (Lipinski definition) is 6. The standard InChI is InChI=1S/C20H24N4O4S/c1-4-12(2)24-17(9-10-21-24)23-19(26)13(3)28-18(25)11-16-20(27)22-14-7-5-6-8-15(14)29-16/h5-10,12-13,16H,4,11H2,1-3H3,(H,22,27)(H,23,26)/t12-,13-,16+/m0/s1. The lowest BCUT2D eigenvalue weighted by Gasteiger charge is -2.23. The van der Waals surface area contributed by atoms with E-state index in [0.717, 1.165) is 17.0 Å². The molecule has 8 nitrogen and oxygen atoms in total. The smallest absolute Gasteiger partial charge is 0.308 e. The number of esters is 1. The van der Waals surface area contributed by atoms with Crippen LogP contribution in [-0.4, -0.2) is 38.9 Å². The van der Waals surface area contributed by atoms with Crippen LogP contribution in [-0.2, 0) is 19.1 Å². The third-order valence-electron chi connectivity index (χ3n) is 4.67. The van der Waals surface area contributed by atoms with E-state index >= 15 is 0 Å². The zero-order valence-electron chi connectivity index (χ0n) is 16.5. The molecular weight excluding hydrogens is 392 g/mol. The number of ether oxygens (including phenoxy) is 1. The van der Waals surface area contributed by atoms with Gasteiger partial charge in [-0.3, -0.25) is 14.4 Å². The predicted octanol–water partition coefficient (Wildman–Crippen LogP) is 3.23. The van der Waals surface area contributed by atoms with Crippen molar-refractivity contribution < 1.29 is 19.1 Å². The Morgan fingerprint density at radius 3 is 2.83 bits per heavy atom. The van der Waals surface area contributed by atoms with E-state index in [1.165, 1.54) is 18.7 Å². The number of rotatable bonds is 7. The first-order chi connectivity index (χ1) is 13.9. The molecule has 0 unspecified atom stereocenters. The van der Waals surface area contributed by atoms with Crippen molar-refractivity contribution in [1.29, 1.82) is 0 Å². The number of hydrogen-bond donors (Lipinski definition) is 2. The monoisotopic (exact) mass is 416 g/mol.